The Hall–Kier alpha value is -2.37. The van der Waals surface area contributed by atoms with Gasteiger partial charge in [0.05, 0.1) is 30.9 Å². The van der Waals surface area contributed by atoms with Crippen LogP contribution in [0.4, 0.5) is 5.69 Å². The van der Waals surface area contributed by atoms with Crippen LogP contribution in [-0.2, 0) is 24.4 Å². The number of carbonyl (C=O) groups excluding carboxylic acids is 1. The molecule has 1 aromatic carbocycles. The molecule has 11 heteroatoms. The highest BCUT2D eigenvalue weighted by molar-refractivity contribution is 7.89. The molecule has 30 heavy (non-hydrogen) atoms. The lowest BCUT2D eigenvalue weighted by Crippen LogP contribution is -2.40. The van der Waals surface area contributed by atoms with Gasteiger partial charge in [-0.05, 0) is 31.0 Å². The van der Waals surface area contributed by atoms with E-state index in [1.54, 1.807) is 0 Å². The summed E-state index contributed by atoms with van der Waals surface area (Å²) in [5.41, 5.74) is 6.12. The van der Waals surface area contributed by atoms with E-state index in [2.05, 4.69) is 10.5 Å². The van der Waals surface area contributed by atoms with Crippen molar-refractivity contribution >= 4 is 27.5 Å². The predicted octanol–water partition coefficient (Wildman–Crippen LogP) is 1.13. The van der Waals surface area contributed by atoms with Crippen LogP contribution in [0.15, 0.2) is 28.3 Å². The number of rotatable bonds is 8. The van der Waals surface area contributed by atoms with Crippen LogP contribution in [0.5, 0.6) is 5.75 Å². The first-order chi connectivity index (χ1) is 14.4. The smallest absolute Gasteiger partial charge is 0.265 e. The van der Waals surface area contributed by atoms with E-state index in [0.717, 1.165) is 25.7 Å². The first-order valence-corrected chi connectivity index (χ1v) is 11.4. The highest BCUT2D eigenvalue weighted by atomic mass is 32.2. The summed E-state index contributed by atoms with van der Waals surface area (Å²) in [4.78, 5) is 17.4. The lowest BCUT2D eigenvalue weighted by Gasteiger charge is -2.26. The second-order valence-corrected chi connectivity index (χ2v) is 9.14. The number of nitrogens with one attached hydrogen (secondary N) is 1. The summed E-state index contributed by atoms with van der Waals surface area (Å²) in [7, 11) is -2.27. The van der Waals surface area contributed by atoms with Gasteiger partial charge in [-0.1, -0.05) is 18.0 Å². The fourth-order valence-corrected chi connectivity index (χ4v) is 4.96. The minimum atomic E-state index is -3.71. The number of benzene rings is 1. The summed E-state index contributed by atoms with van der Waals surface area (Å²) in [6.45, 7) is 0.910. The number of methoxy groups -OCH3 is 1. The minimum absolute atomic E-state index is 0.0601. The number of amides is 1. The lowest BCUT2D eigenvalue weighted by molar-refractivity contribution is -0.120. The van der Waals surface area contributed by atoms with Crippen LogP contribution in [0.1, 0.15) is 25.7 Å². The molecule has 0 spiro atoms. The quantitative estimate of drug-likeness (QED) is 0.352. The first kappa shape index (κ1) is 22.3. The number of nitrogens with zero attached hydrogens (tertiary/aromatic N) is 2. The van der Waals surface area contributed by atoms with Gasteiger partial charge in [0.1, 0.15) is 11.6 Å². The van der Waals surface area contributed by atoms with Gasteiger partial charge < -0.3 is 25.4 Å². The molecule has 0 atom stereocenters. The molecule has 1 aliphatic carbocycles. The summed E-state index contributed by atoms with van der Waals surface area (Å²) < 4.78 is 37.5. The van der Waals surface area contributed by atoms with E-state index < -0.39 is 15.9 Å². The number of carbonyl (C=O) groups is 1. The number of hydrogen-bond donors (Lipinski definition) is 2. The molecule has 1 aliphatic heterocycles. The third-order valence-corrected chi connectivity index (χ3v) is 7.09. The highest BCUT2D eigenvalue weighted by Crippen LogP contribution is 2.29. The highest BCUT2D eigenvalue weighted by Gasteiger charge is 2.27. The van der Waals surface area contributed by atoms with E-state index in [-0.39, 0.29) is 36.2 Å². The topological polar surface area (TPSA) is 133 Å². The van der Waals surface area contributed by atoms with Gasteiger partial charge in [0.25, 0.3) is 5.91 Å². The van der Waals surface area contributed by atoms with E-state index in [0.29, 0.717) is 24.8 Å². The van der Waals surface area contributed by atoms with Crippen LogP contribution in [0.25, 0.3) is 0 Å². The number of hydrogen-bond acceptors (Lipinski definition) is 7. The fraction of sp³-hybridized carbons (Fsp3) is 0.579. The van der Waals surface area contributed by atoms with Gasteiger partial charge in [-0.2, -0.15) is 4.31 Å². The molecule has 2 fully saturated rings. The van der Waals surface area contributed by atoms with E-state index in [1.165, 1.54) is 29.6 Å². The third kappa shape index (κ3) is 5.41. The van der Waals surface area contributed by atoms with Crippen LogP contribution in [0, 0.1) is 5.92 Å². The Morgan fingerprint density at radius 2 is 2.00 bits per heavy atom. The summed E-state index contributed by atoms with van der Waals surface area (Å²) in [5.74, 6) is 0.433. The van der Waals surface area contributed by atoms with Gasteiger partial charge >= 0.3 is 0 Å². The summed E-state index contributed by atoms with van der Waals surface area (Å²) in [6.07, 6.45) is 4.19. The van der Waals surface area contributed by atoms with Crippen LogP contribution in [0.3, 0.4) is 0 Å². The fourth-order valence-electron chi connectivity index (χ4n) is 3.53. The van der Waals surface area contributed by atoms with E-state index in [4.69, 9.17) is 20.0 Å². The molecule has 0 radical (unpaired) electrons. The average Bonchev–Trinajstić information content (AvgIpc) is 3.29. The van der Waals surface area contributed by atoms with Crippen molar-refractivity contribution < 1.29 is 27.5 Å². The minimum Gasteiger partial charge on any atom is -0.495 e. The molecule has 10 nitrogen and oxygen atoms in total. The average molecular weight is 441 g/mol. The summed E-state index contributed by atoms with van der Waals surface area (Å²) in [6, 6.07) is 4.32. The molecule has 2 aliphatic rings. The molecule has 3 N–H and O–H groups in total. The molecule has 1 saturated heterocycles. The Morgan fingerprint density at radius 1 is 1.30 bits per heavy atom. The Balaban J connectivity index is 1.66. The maximum atomic E-state index is 12.9. The predicted molar refractivity (Wildman–Crippen MR) is 111 cm³/mol. The molecule has 1 amide bonds. The zero-order valence-electron chi connectivity index (χ0n) is 17.0. The molecule has 0 bridgehead atoms. The number of ether oxygens (including phenoxy) is 2. The Morgan fingerprint density at radius 3 is 2.67 bits per heavy atom. The normalized spacial score (nSPS) is 18.9. The first-order valence-electron chi connectivity index (χ1n) is 9.93. The molecule has 0 aromatic heterocycles. The van der Waals surface area contributed by atoms with E-state index >= 15 is 0 Å². The zero-order valence-corrected chi connectivity index (χ0v) is 17.8. The number of oxime groups is 1. The Labute approximate surface area is 176 Å². The number of anilines is 1. The molecule has 1 aromatic rings. The molecule has 166 valence electrons. The zero-order chi connectivity index (χ0) is 21.6. The van der Waals surface area contributed by atoms with Gasteiger partial charge in [-0.15, -0.1) is 0 Å². The van der Waals surface area contributed by atoms with E-state index in [9.17, 15) is 13.2 Å². The summed E-state index contributed by atoms with van der Waals surface area (Å²) in [5, 5.41) is 6.45. The van der Waals surface area contributed by atoms with Gasteiger partial charge in [-0.25, -0.2) is 8.42 Å². The maximum Gasteiger partial charge on any atom is 0.265 e. The van der Waals surface area contributed by atoms with Crippen molar-refractivity contribution in [3.8, 4) is 5.75 Å². The van der Waals surface area contributed by atoms with Crippen molar-refractivity contribution in [3.05, 3.63) is 18.2 Å². The second-order valence-electron chi connectivity index (χ2n) is 7.20. The molecular formula is C19H28N4O6S. The van der Waals surface area contributed by atoms with Crippen molar-refractivity contribution in [2.45, 2.75) is 30.6 Å². The van der Waals surface area contributed by atoms with Crippen molar-refractivity contribution in [2.24, 2.45) is 16.8 Å². The van der Waals surface area contributed by atoms with Crippen molar-refractivity contribution in [1.29, 1.82) is 0 Å². The maximum absolute atomic E-state index is 12.9. The summed E-state index contributed by atoms with van der Waals surface area (Å²) >= 11 is 0. The lowest BCUT2D eigenvalue weighted by atomic mass is 10.1. The van der Waals surface area contributed by atoms with E-state index in [1.807, 2.05) is 0 Å². The number of nitrogens with two attached hydrogens (primary N) is 1. The Bertz CT molecular complexity index is 877. The number of morpholine rings is 1. The second kappa shape index (κ2) is 10.1. The van der Waals surface area contributed by atoms with Gasteiger partial charge in [0.15, 0.2) is 6.61 Å². The molecular weight excluding hydrogens is 412 g/mol. The molecule has 0 unspecified atom stereocenters. The van der Waals surface area contributed by atoms with Gasteiger partial charge in [0, 0.05) is 19.0 Å². The van der Waals surface area contributed by atoms with Gasteiger partial charge in [0.2, 0.25) is 10.0 Å². The van der Waals surface area contributed by atoms with Crippen LogP contribution >= 0.6 is 0 Å². The number of amidine groups is 1. The Kier molecular flexibility index (Phi) is 7.51. The standard InChI is InChI=1S/C19H28N4O6S/c1-27-17-7-6-15(30(25,26)23-8-10-28-11-9-23)12-16(17)21-18(24)13-29-22-19(20)14-4-2-3-5-14/h6-7,12,14H,2-5,8-11,13H2,1H3,(H2,20,22)(H,21,24). The largest absolute Gasteiger partial charge is 0.495 e. The SMILES string of the molecule is COc1ccc(S(=O)(=O)N2CCOCC2)cc1NC(=O)CO/N=C(/N)C1CCCC1. The van der Waals surface area contributed by atoms with Gasteiger partial charge in [-0.3, -0.25) is 4.79 Å². The molecule has 1 saturated carbocycles. The van der Waals surface area contributed by atoms with Crippen LogP contribution in [0.2, 0.25) is 0 Å². The van der Waals surface area contributed by atoms with Crippen molar-refractivity contribution in [3.63, 3.8) is 0 Å². The van der Waals surface area contributed by atoms with Crippen molar-refractivity contribution in [2.75, 3.05) is 45.3 Å². The third-order valence-electron chi connectivity index (χ3n) is 5.19. The number of sulfonamides is 1. The van der Waals surface area contributed by atoms with Crippen molar-refractivity contribution in [1.82, 2.24) is 4.31 Å². The van der Waals surface area contributed by atoms with Crippen LogP contribution in [-0.4, -0.2) is 64.5 Å². The van der Waals surface area contributed by atoms with Crippen LogP contribution < -0.4 is 15.8 Å². The molecule has 1 heterocycles. The molecule has 3 rings (SSSR count). The monoisotopic (exact) mass is 440 g/mol.